The first-order chi connectivity index (χ1) is 6.86. The predicted octanol–water partition coefficient (Wildman–Crippen LogP) is 1.16. The maximum Gasteiger partial charge on any atom is 0.146 e. The van der Waals surface area contributed by atoms with Crippen LogP contribution < -0.4 is 10.2 Å². The molecule has 1 unspecified atom stereocenters. The lowest BCUT2D eigenvalue weighted by atomic mass is 10.1. The highest BCUT2D eigenvalue weighted by Crippen LogP contribution is 2.34. The molecule has 0 aromatic heterocycles. The predicted molar refractivity (Wildman–Crippen MR) is 54.1 cm³/mol. The van der Waals surface area contributed by atoms with Crippen LogP contribution in [0, 0.1) is 5.82 Å². The van der Waals surface area contributed by atoms with Gasteiger partial charge in [-0.3, -0.25) is 0 Å². The van der Waals surface area contributed by atoms with Gasteiger partial charge in [0.15, 0.2) is 0 Å². The van der Waals surface area contributed by atoms with Crippen LogP contribution in [0.1, 0.15) is 5.56 Å². The summed E-state index contributed by atoms with van der Waals surface area (Å²) in [5.41, 5.74) is 2.01. The van der Waals surface area contributed by atoms with Gasteiger partial charge in [0.2, 0.25) is 0 Å². The SMILES string of the molecule is Fc1cccc2c1N1CCNCC1C2. The second-order valence-corrected chi connectivity index (χ2v) is 4.00. The molecular formula is C11H13FN2. The molecule has 74 valence electrons. The zero-order valence-electron chi connectivity index (χ0n) is 7.96. The average molecular weight is 192 g/mol. The molecule has 0 bridgehead atoms. The van der Waals surface area contributed by atoms with E-state index in [4.69, 9.17) is 0 Å². The molecule has 3 heteroatoms. The van der Waals surface area contributed by atoms with Gasteiger partial charge in [-0.1, -0.05) is 12.1 Å². The maximum absolute atomic E-state index is 13.6. The Hall–Kier alpha value is -1.09. The Bertz CT molecular complexity index is 364. The monoisotopic (exact) mass is 192 g/mol. The van der Waals surface area contributed by atoms with E-state index in [1.807, 2.05) is 6.07 Å². The zero-order chi connectivity index (χ0) is 9.54. The van der Waals surface area contributed by atoms with Crippen LogP contribution in [-0.2, 0) is 6.42 Å². The summed E-state index contributed by atoms with van der Waals surface area (Å²) in [5, 5.41) is 3.35. The highest BCUT2D eigenvalue weighted by atomic mass is 19.1. The van der Waals surface area contributed by atoms with Crippen LogP contribution in [0.5, 0.6) is 0 Å². The minimum atomic E-state index is -0.0631. The minimum Gasteiger partial charge on any atom is -0.363 e. The van der Waals surface area contributed by atoms with E-state index < -0.39 is 0 Å². The van der Waals surface area contributed by atoms with Gasteiger partial charge in [0.1, 0.15) is 5.82 Å². The third-order valence-electron chi connectivity index (χ3n) is 3.16. The highest BCUT2D eigenvalue weighted by molar-refractivity contribution is 5.61. The van der Waals surface area contributed by atoms with Crippen LogP contribution in [0.4, 0.5) is 10.1 Å². The van der Waals surface area contributed by atoms with Crippen molar-refractivity contribution in [3.05, 3.63) is 29.6 Å². The number of halogens is 1. The molecule has 0 amide bonds. The van der Waals surface area contributed by atoms with Crippen LogP contribution in [-0.4, -0.2) is 25.7 Å². The number of hydrogen-bond donors (Lipinski definition) is 1. The first kappa shape index (κ1) is 8.24. The van der Waals surface area contributed by atoms with Crippen molar-refractivity contribution in [1.29, 1.82) is 0 Å². The lowest BCUT2D eigenvalue weighted by molar-refractivity contribution is 0.489. The van der Waals surface area contributed by atoms with E-state index in [0.717, 1.165) is 31.7 Å². The molecule has 0 radical (unpaired) electrons. The van der Waals surface area contributed by atoms with Crippen LogP contribution in [0.3, 0.4) is 0 Å². The first-order valence-corrected chi connectivity index (χ1v) is 5.11. The van der Waals surface area contributed by atoms with Gasteiger partial charge in [-0.15, -0.1) is 0 Å². The summed E-state index contributed by atoms with van der Waals surface area (Å²) in [5.74, 6) is -0.0631. The molecule has 2 aliphatic heterocycles. The maximum atomic E-state index is 13.6. The second-order valence-electron chi connectivity index (χ2n) is 4.00. The van der Waals surface area contributed by atoms with Crippen molar-refractivity contribution in [3.63, 3.8) is 0 Å². The van der Waals surface area contributed by atoms with E-state index in [1.54, 1.807) is 12.1 Å². The lowest BCUT2D eigenvalue weighted by Gasteiger charge is -2.32. The van der Waals surface area contributed by atoms with Gasteiger partial charge >= 0.3 is 0 Å². The number of hydrogen-bond acceptors (Lipinski definition) is 2. The van der Waals surface area contributed by atoms with Crippen molar-refractivity contribution in [2.75, 3.05) is 24.5 Å². The molecule has 1 saturated heterocycles. The van der Waals surface area contributed by atoms with E-state index in [0.29, 0.717) is 6.04 Å². The lowest BCUT2D eigenvalue weighted by Crippen LogP contribution is -2.49. The molecule has 0 aliphatic carbocycles. The molecule has 14 heavy (non-hydrogen) atoms. The van der Waals surface area contributed by atoms with Crippen molar-refractivity contribution in [2.45, 2.75) is 12.5 Å². The largest absolute Gasteiger partial charge is 0.363 e. The van der Waals surface area contributed by atoms with Gasteiger partial charge < -0.3 is 10.2 Å². The standard InChI is InChI=1S/C11H13FN2/c12-10-3-1-2-8-6-9-7-13-4-5-14(9)11(8)10/h1-3,9,13H,4-7H2. The fourth-order valence-electron chi connectivity index (χ4n) is 2.54. The van der Waals surface area contributed by atoms with Gasteiger partial charge in [-0.25, -0.2) is 4.39 Å². The Balaban J connectivity index is 2.06. The molecule has 1 atom stereocenters. The Morgan fingerprint density at radius 2 is 2.36 bits per heavy atom. The molecule has 1 fully saturated rings. The van der Waals surface area contributed by atoms with Crippen molar-refractivity contribution >= 4 is 5.69 Å². The third kappa shape index (κ3) is 1.05. The summed E-state index contributed by atoms with van der Waals surface area (Å²) in [6, 6.07) is 5.87. The summed E-state index contributed by atoms with van der Waals surface area (Å²) in [4.78, 5) is 2.21. The molecule has 1 aromatic rings. The summed E-state index contributed by atoms with van der Waals surface area (Å²) < 4.78 is 13.6. The summed E-state index contributed by atoms with van der Waals surface area (Å²) in [6.07, 6.45) is 0.986. The fraction of sp³-hybridized carbons (Fsp3) is 0.455. The normalized spacial score (nSPS) is 24.6. The second kappa shape index (κ2) is 2.95. The summed E-state index contributed by atoms with van der Waals surface area (Å²) >= 11 is 0. The molecular weight excluding hydrogens is 179 g/mol. The van der Waals surface area contributed by atoms with Crippen molar-refractivity contribution in [2.24, 2.45) is 0 Å². The van der Waals surface area contributed by atoms with Gasteiger partial charge in [-0.05, 0) is 18.1 Å². The van der Waals surface area contributed by atoms with E-state index in [-0.39, 0.29) is 5.82 Å². The average Bonchev–Trinajstić information content (AvgIpc) is 2.57. The van der Waals surface area contributed by atoms with Gasteiger partial charge in [-0.2, -0.15) is 0 Å². The number of fused-ring (bicyclic) bond motifs is 3. The van der Waals surface area contributed by atoms with Crippen molar-refractivity contribution in [3.8, 4) is 0 Å². The van der Waals surface area contributed by atoms with Gasteiger partial charge in [0.05, 0.1) is 5.69 Å². The van der Waals surface area contributed by atoms with E-state index >= 15 is 0 Å². The number of benzene rings is 1. The number of rotatable bonds is 0. The van der Waals surface area contributed by atoms with Crippen molar-refractivity contribution in [1.82, 2.24) is 5.32 Å². The van der Waals surface area contributed by atoms with Gasteiger partial charge in [0, 0.05) is 25.7 Å². The Morgan fingerprint density at radius 3 is 3.29 bits per heavy atom. The van der Waals surface area contributed by atoms with E-state index in [1.165, 1.54) is 5.56 Å². The van der Waals surface area contributed by atoms with Gasteiger partial charge in [0.25, 0.3) is 0 Å². The topological polar surface area (TPSA) is 15.3 Å². The molecule has 2 heterocycles. The molecule has 2 aliphatic rings. The third-order valence-corrected chi connectivity index (χ3v) is 3.16. The minimum absolute atomic E-state index is 0.0631. The smallest absolute Gasteiger partial charge is 0.146 e. The molecule has 2 nitrogen and oxygen atoms in total. The number of piperazine rings is 1. The van der Waals surface area contributed by atoms with Crippen LogP contribution in [0.25, 0.3) is 0 Å². The van der Waals surface area contributed by atoms with Crippen molar-refractivity contribution < 1.29 is 4.39 Å². The van der Waals surface area contributed by atoms with E-state index in [9.17, 15) is 4.39 Å². The van der Waals surface area contributed by atoms with Crippen LogP contribution in [0.2, 0.25) is 0 Å². The number of para-hydroxylation sites is 1. The Labute approximate surface area is 82.7 Å². The van der Waals surface area contributed by atoms with E-state index in [2.05, 4.69) is 10.2 Å². The molecule has 1 aromatic carbocycles. The molecule has 3 rings (SSSR count). The molecule has 1 N–H and O–H groups in total. The molecule has 0 saturated carbocycles. The summed E-state index contributed by atoms with van der Waals surface area (Å²) in [7, 11) is 0. The number of nitrogens with one attached hydrogen (secondary N) is 1. The first-order valence-electron chi connectivity index (χ1n) is 5.11. The van der Waals surface area contributed by atoms with Crippen LogP contribution in [0.15, 0.2) is 18.2 Å². The highest BCUT2D eigenvalue weighted by Gasteiger charge is 2.32. The number of anilines is 1. The van der Waals surface area contributed by atoms with Crippen LogP contribution >= 0.6 is 0 Å². The Morgan fingerprint density at radius 1 is 1.43 bits per heavy atom. The fourth-order valence-corrected chi connectivity index (χ4v) is 2.54. The zero-order valence-corrected chi connectivity index (χ0v) is 7.96. The summed E-state index contributed by atoms with van der Waals surface area (Å²) in [6.45, 7) is 2.87. The molecule has 0 spiro atoms. The number of nitrogens with zero attached hydrogens (tertiary/aromatic N) is 1. The quantitative estimate of drug-likeness (QED) is 0.663. The Kier molecular flexibility index (Phi) is 1.74.